The van der Waals surface area contributed by atoms with Gasteiger partial charge in [0.25, 0.3) is 0 Å². The number of rotatable bonds is 4. The number of aromatic nitrogens is 1. The SMILES string of the molecule is O=C(NCCC#Cc1cnc(Cl)c2ccccc12)OCC1c2ccccc2-c2ccccc21. The Morgan fingerprint density at radius 2 is 1.58 bits per heavy atom. The van der Waals surface area contributed by atoms with E-state index in [4.69, 9.17) is 16.3 Å². The number of alkyl carbamates (subject to hydrolysis) is 1. The smallest absolute Gasteiger partial charge is 0.407 e. The molecule has 33 heavy (non-hydrogen) atoms. The van der Waals surface area contributed by atoms with Crippen LogP contribution in [0.1, 0.15) is 29.0 Å². The summed E-state index contributed by atoms with van der Waals surface area (Å²) in [7, 11) is 0. The summed E-state index contributed by atoms with van der Waals surface area (Å²) < 4.78 is 5.55. The molecule has 0 atom stereocenters. The molecular weight excluding hydrogens is 432 g/mol. The van der Waals surface area contributed by atoms with Crippen molar-refractivity contribution in [3.8, 4) is 23.0 Å². The molecule has 0 aliphatic heterocycles. The van der Waals surface area contributed by atoms with Crippen LogP contribution in [-0.2, 0) is 4.74 Å². The summed E-state index contributed by atoms with van der Waals surface area (Å²) in [6, 6.07) is 24.3. The number of halogens is 1. The van der Waals surface area contributed by atoms with Crippen LogP contribution in [0.5, 0.6) is 0 Å². The normalized spacial score (nSPS) is 11.9. The van der Waals surface area contributed by atoms with Gasteiger partial charge in [-0.2, -0.15) is 0 Å². The van der Waals surface area contributed by atoms with Crippen LogP contribution in [0.25, 0.3) is 21.9 Å². The van der Waals surface area contributed by atoms with Gasteiger partial charge < -0.3 is 10.1 Å². The third-order valence-electron chi connectivity index (χ3n) is 5.83. The Morgan fingerprint density at radius 1 is 0.939 bits per heavy atom. The second kappa shape index (κ2) is 9.36. The second-order valence-corrected chi connectivity index (χ2v) is 8.17. The van der Waals surface area contributed by atoms with E-state index in [0.29, 0.717) is 24.7 Å². The van der Waals surface area contributed by atoms with E-state index in [2.05, 4.69) is 46.4 Å². The predicted octanol–water partition coefficient (Wildman–Crippen LogP) is 6.17. The molecule has 162 valence electrons. The summed E-state index contributed by atoms with van der Waals surface area (Å²) >= 11 is 6.16. The van der Waals surface area contributed by atoms with E-state index in [1.807, 2.05) is 48.5 Å². The molecule has 5 rings (SSSR count). The van der Waals surface area contributed by atoms with E-state index in [1.165, 1.54) is 22.3 Å². The molecule has 3 aromatic carbocycles. The topological polar surface area (TPSA) is 51.2 Å². The zero-order valence-corrected chi connectivity index (χ0v) is 18.6. The van der Waals surface area contributed by atoms with E-state index in [9.17, 15) is 4.79 Å². The number of hydrogen-bond acceptors (Lipinski definition) is 3. The number of hydrogen-bond donors (Lipinski definition) is 1. The minimum Gasteiger partial charge on any atom is -0.449 e. The highest BCUT2D eigenvalue weighted by molar-refractivity contribution is 6.34. The summed E-state index contributed by atoms with van der Waals surface area (Å²) in [4.78, 5) is 16.5. The van der Waals surface area contributed by atoms with E-state index in [0.717, 1.165) is 16.3 Å². The number of ether oxygens (including phenoxy) is 1. The van der Waals surface area contributed by atoms with Crippen LogP contribution in [0.15, 0.2) is 79.0 Å². The average molecular weight is 453 g/mol. The van der Waals surface area contributed by atoms with Gasteiger partial charge in [0.05, 0.1) is 5.56 Å². The molecule has 0 bridgehead atoms. The van der Waals surface area contributed by atoms with Crippen LogP contribution in [-0.4, -0.2) is 24.2 Å². The molecule has 0 fully saturated rings. The van der Waals surface area contributed by atoms with Gasteiger partial charge in [-0.3, -0.25) is 0 Å². The van der Waals surface area contributed by atoms with Crippen molar-refractivity contribution >= 4 is 28.5 Å². The molecule has 0 unspecified atom stereocenters. The van der Waals surface area contributed by atoms with Crippen LogP contribution < -0.4 is 5.32 Å². The van der Waals surface area contributed by atoms with Crippen molar-refractivity contribution in [2.45, 2.75) is 12.3 Å². The summed E-state index contributed by atoms with van der Waals surface area (Å²) in [5.74, 6) is 6.26. The molecule has 1 N–H and O–H groups in total. The van der Waals surface area contributed by atoms with Crippen molar-refractivity contribution in [1.82, 2.24) is 10.3 Å². The van der Waals surface area contributed by atoms with Crippen molar-refractivity contribution in [3.63, 3.8) is 0 Å². The predicted molar refractivity (Wildman–Crippen MR) is 131 cm³/mol. The molecule has 1 aromatic heterocycles. The van der Waals surface area contributed by atoms with Crippen molar-refractivity contribution in [2.75, 3.05) is 13.2 Å². The Hall–Kier alpha value is -3.81. The lowest BCUT2D eigenvalue weighted by molar-refractivity contribution is 0.143. The largest absolute Gasteiger partial charge is 0.449 e. The highest BCUT2D eigenvalue weighted by Gasteiger charge is 2.28. The monoisotopic (exact) mass is 452 g/mol. The number of fused-ring (bicyclic) bond motifs is 4. The molecule has 0 saturated carbocycles. The van der Waals surface area contributed by atoms with Crippen LogP contribution in [0, 0.1) is 11.8 Å². The highest BCUT2D eigenvalue weighted by Crippen LogP contribution is 2.44. The maximum Gasteiger partial charge on any atom is 0.407 e. The molecular formula is C28H21ClN2O2. The maximum atomic E-state index is 12.3. The zero-order valence-electron chi connectivity index (χ0n) is 17.8. The van der Waals surface area contributed by atoms with Gasteiger partial charge in [-0.1, -0.05) is 96.2 Å². The average Bonchev–Trinajstić information content (AvgIpc) is 3.18. The fourth-order valence-corrected chi connectivity index (χ4v) is 4.51. The lowest BCUT2D eigenvalue weighted by atomic mass is 9.98. The third kappa shape index (κ3) is 4.28. The third-order valence-corrected chi connectivity index (χ3v) is 6.13. The first-order valence-electron chi connectivity index (χ1n) is 10.8. The first-order valence-corrected chi connectivity index (χ1v) is 11.2. The Labute approximate surface area is 197 Å². The Kier molecular flexibility index (Phi) is 5.97. The van der Waals surface area contributed by atoms with E-state index < -0.39 is 6.09 Å². The van der Waals surface area contributed by atoms with Crippen molar-refractivity contribution < 1.29 is 9.53 Å². The quantitative estimate of drug-likeness (QED) is 0.229. The summed E-state index contributed by atoms with van der Waals surface area (Å²) in [5, 5.41) is 5.10. The molecule has 0 spiro atoms. The van der Waals surface area contributed by atoms with Crippen LogP contribution in [0.2, 0.25) is 5.15 Å². The Bertz CT molecular complexity index is 1360. The molecule has 4 nitrogen and oxygen atoms in total. The number of carbonyl (C=O) groups excluding carboxylic acids is 1. The first-order chi connectivity index (χ1) is 16.2. The number of benzene rings is 3. The van der Waals surface area contributed by atoms with Gasteiger partial charge in [0, 0.05) is 35.9 Å². The number of amides is 1. The summed E-state index contributed by atoms with van der Waals surface area (Å²) in [6.07, 6.45) is 1.75. The molecule has 1 aliphatic rings. The molecule has 1 aliphatic carbocycles. The van der Waals surface area contributed by atoms with E-state index in [1.54, 1.807) is 6.20 Å². The van der Waals surface area contributed by atoms with Gasteiger partial charge in [0.15, 0.2) is 0 Å². The maximum absolute atomic E-state index is 12.3. The molecule has 0 radical (unpaired) electrons. The highest BCUT2D eigenvalue weighted by atomic mass is 35.5. The van der Waals surface area contributed by atoms with Gasteiger partial charge in [-0.25, -0.2) is 9.78 Å². The van der Waals surface area contributed by atoms with Crippen molar-refractivity contribution in [1.29, 1.82) is 0 Å². The van der Waals surface area contributed by atoms with E-state index in [-0.39, 0.29) is 5.92 Å². The van der Waals surface area contributed by atoms with Gasteiger partial charge >= 0.3 is 6.09 Å². The summed E-state index contributed by atoms with van der Waals surface area (Å²) in [6.45, 7) is 0.705. The minimum absolute atomic E-state index is 0.0497. The fraction of sp³-hybridized carbons (Fsp3) is 0.143. The Morgan fingerprint density at radius 3 is 2.30 bits per heavy atom. The summed E-state index contributed by atoms with van der Waals surface area (Å²) in [5.41, 5.74) is 5.63. The van der Waals surface area contributed by atoms with Gasteiger partial charge in [0.2, 0.25) is 0 Å². The number of pyridine rings is 1. The van der Waals surface area contributed by atoms with Crippen LogP contribution >= 0.6 is 11.6 Å². The van der Waals surface area contributed by atoms with Gasteiger partial charge in [-0.15, -0.1) is 0 Å². The Balaban J connectivity index is 1.16. The van der Waals surface area contributed by atoms with E-state index >= 15 is 0 Å². The number of nitrogens with one attached hydrogen (secondary N) is 1. The standard InChI is InChI=1S/C28H21ClN2O2/c29-27-25-15-6-1-10-20(25)19(17-31-27)9-7-8-16-30-28(32)33-18-26-23-13-4-2-11-21(23)22-12-3-5-14-24(22)26/h1-6,10-15,17,26H,8,16,18H2,(H,30,32). The van der Waals surface area contributed by atoms with Crippen LogP contribution in [0.4, 0.5) is 4.79 Å². The van der Waals surface area contributed by atoms with Crippen molar-refractivity contribution in [2.24, 2.45) is 0 Å². The lowest BCUT2D eigenvalue weighted by Gasteiger charge is -2.14. The van der Waals surface area contributed by atoms with Gasteiger partial charge in [-0.05, 0) is 22.3 Å². The van der Waals surface area contributed by atoms with Gasteiger partial charge in [0.1, 0.15) is 11.8 Å². The lowest BCUT2D eigenvalue weighted by Crippen LogP contribution is -2.26. The van der Waals surface area contributed by atoms with Crippen molar-refractivity contribution in [3.05, 3.63) is 101 Å². The molecule has 5 heteroatoms. The minimum atomic E-state index is -0.433. The fourth-order valence-electron chi connectivity index (χ4n) is 4.29. The number of carbonyl (C=O) groups is 1. The zero-order chi connectivity index (χ0) is 22.6. The number of nitrogens with zero attached hydrogens (tertiary/aromatic N) is 1. The second-order valence-electron chi connectivity index (χ2n) is 7.81. The molecule has 1 amide bonds. The first kappa shape index (κ1) is 21.1. The molecule has 4 aromatic rings. The molecule has 1 heterocycles. The molecule has 0 saturated heterocycles. The van der Waals surface area contributed by atoms with Crippen LogP contribution in [0.3, 0.4) is 0 Å².